The Morgan fingerprint density at radius 1 is 0.947 bits per heavy atom. The Hall–Kier alpha value is -4.39. The Morgan fingerprint density at radius 2 is 1.76 bits per heavy atom. The van der Waals surface area contributed by atoms with E-state index in [1.54, 1.807) is 6.07 Å². The van der Waals surface area contributed by atoms with E-state index in [2.05, 4.69) is 6.07 Å². The van der Waals surface area contributed by atoms with Crippen molar-refractivity contribution < 1.29 is 24.5 Å². The van der Waals surface area contributed by atoms with Gasteiger partial charge in [0.1, 0.15) is 12.4 Å². The highest BCUT2D eigenvalue weighted by Gasteiger charge is 2.22. The van der Waals surface area contributed by atoms with Gasteiger partial charge >= 0.3 is 11.9 Å². The van der Waals surface area contributed by atoms with Crippen LogP contribution in [0.25, 0.3) is 11.3 Å². The molecule has 2 N–H and O–H groups in total. The summed E-state index contributed by atoms with van der Waals surface area (Å²) in [7, 11) is 0. The lowest BCUT2D eigenvalue weighted by Gasteiger charge is -2.16. The normalized spacial score (nSPS) is 12.9. The average molecular weight is 511 g/mol. The minimum atomic E-state index is -1.16. The second-order valence-electron chi connectivity index (χ2n) is 10.0. The molecule has 4 aromatic rings. The first-order valence-corrected chi connectivity index (χ1v) is 12.7. The third-order valence-corrected chi connectivity index (χ3v) is 7.10. The van der Waals surface area contributed by atoms with Crippen LogP contribution >= 0.6 is 0 Å². The van der Waals surface area contributed by atoms with E-state index in [0.29, 0.717) is 18.6 Å². The molecule has 3 aromatic carbocycles. The van der Waals surface area contributed by atoms with Crippen LogP contribution in [-0.4, -0.2) is 31.9 Å². The number of nitrogens with zero attached hydrogens (tertiary/aromatic N) is 2. The molecule has 0 saturated heterocycles. The molecule has 0 amide bonds. The third kappa shape index (κ3) is 5.62. The largest absolute Gasteiger partial charge is 0.489 e. The second-order valence-corrected chi connectivity index (χ2v) is 10.0. The highest BCUT2D eigenvalue weighted by Crippen LogP contribution is 2.31. The van der Waals surface area contributed by atoms with Crippen molar-refractivity contribution in [2.75, 3.05) is 0 Å². The fraction of sp³-hybridized carbons (Fsp3) is 0.258. The van der Waals surface area contributed by atoms with Gasteiger partial charge in [0.25, 0.3) is 0 Å². The van der Waals surface area contributed by atoms with Gasteiger partial charge in [-0.3, -0.25) is 4.68 Å². The number of carboxylic acids is 2. The van der Waals surface area contributed by atoms with Gasteiger partial charge in [-0.2, -0.15) is 5.10 Å². The molecule has 5 rings (SSSR count). The SMILES string of the molecule is Cc1cc(-c2ccn(CC3CC3)n2)ccc1OCc1c(C)cccc1Cc1ccc(C(=O)O)cc1C(=O)O. The van der Waals surface area contributed by atoms with Gasteiger partial charge in [0, 0.05) is 18.3 Å². The summed E-state index contributed by atoms with van der Waals surface area (Å²) >= 11 is 0. The van der Waals surface area contributed by atoms with E-state index in [9.17, 15) is 19.8 Å². The Balaban J connectivity index is 1.34. The van der Waals surface area contributed by atoms with E-state index in [1.807, 2.05) is 61.1 Å². The van der Waals surface area contributed by atoms with Gasteiger partial charge < -0.3 is 14.9 Å². The number of benzene rings is 3. The molecule has 1 fully saturated rings. The molecule has 0 atom stereocenters. The van der Waals surface area contributed by atoms with Gasteiger partial charge in [-0.1, -0.05) is 24.3 Å². The molecule has 1 heterocycles. The van der Waals surface area contributed by atoms with Gasteiger partial charge in [0.2, 0.25) is 0 Å². The molecule has 7 nitrogen and oxygen atoms in total. The molecule has 1 aliphatic carbocycles. The maximum atomic E-state index is 11.8. The molecule has 0 radical (unpaired) electrons. The minimum Gasteiger partial charge on any atom is -0.489 e. The van der Waals surface area contributed by atoms with E-state index >= 15 is 0 Å². The maximum Gasteiger partial charge on any atom is 0.336 e. The molecule has 1 saturated carbocycles. The number of aromatic nitrogens is 2. The monoisotopic (exact) mass is 510 g/mol. The molecule has 1 aliphatic rings. The average Bonchev–Trinajstić information content (AvgIpc) is 3.58. The summed E-state index contributed by atoms with van der Waals surface area (Å²) in [5.41, 5.74) is 6.45. The van der Waals surface area contributed by atoms with Crippen molar-refractivity contribution in [2.24, 2.45) is 5.92 Å². The Morgan fingerprint density at radius 3 is 2.47 bits per heavy atom. The van der Waals surface area contributed by atoms with E-state index in [1.165, 1.54) is 25.0 Å². The maximum absolute atomic E-state index is 11.8. The standard InChI is InChI=1S/C31H30N2O5/c1-19-4-3-5-22(15-23-8-9-25(30(34)35)16-26(23)31(36)37)27(19)18-38-29-11-10-24(14-20(29)2)28-12-13-33(32-28)17-21-6-7-21/h3-5,8-14,16,21H,6-7,15,17-18H2,1-2H3,(H,34,35)(H,36,37). The van der Waals surface area contributed by atoms with Crippen LogP contribution in [0.4, 0.5) is 0 Å². The number of aryl methyl sites for hydroxylation is 2. The van der Waals surface area contributed by atoms with Crippen LogP contribution in [0.15, 0.2) is 66.9 Å². The summed E-state index contributed by atoms with van der Waals surface area (Å²) in [6.07, 6.45) is 4.97. The van der Waals surface area contributed by atoms with Gasteiger partial charge in [0.05, 0.1) is 16.8 Å². The Bertz CT molecular complexity index is 1520. The summed E-state index contributed by atoms with van der Waals surface area (Å²) in [4.78, 5) is 23.2. The van der Waals surface area contributed by atoms with Gasteiger partial charge in [-0.15, -0.1) is 0 Å². The van der Waals surface area contributed by atoms with Crippen molar-refractivity contribution in [3.63, 3.8) is 0 Å². The molecule has 0 unspecified atom stereocenters. The summed E-state index contributed by atoms with van der Waals surface area (Å²) in [6.45, 7) is 5.33. The predicted molar refractivity (Wildman–Crippen MR) is 144 cm³/mol. The molecular weight excluding hydrogens is 480 g/mol. The van der Waals surface area contributed by atoms with Gasteiger partial charge in [-0.05, 0) is 103 Å². The first-order chi connectivity index (χ1) is 18.3. The molecule has 0 spiro atoms. The Labute approximate surface area is 221 Å². The number of carboxylic acid groups (broad SMARTS) is 2. The zero-order valence-electron chi connectivity index (χ0n) is 21.5. The zero-order valence-corrected chi connectivity index (χ0v) is 21.5. The van der Waals surface area contributed by atoms with Gasteiger partial charge in [-0.25, -0.2) is 9.59 Å². The zero-order chi connectivity index (χ0) is 26.8. The first-order valence-electron chi connectivity index (χ1n) is 12.7. The molecule has 194 valence electrons. The topological polar surface area (TPSA) is 102 Å². The van der Waals surface area contributed by atoms with Crippen molar-refractivity contribution in [1.82, 2.24) is 9.78 Å². The number of hydrogen-bond donors (Lipinski definition) is 2. The van der Waals surface area contributed by atoms with Crippen LogP contribution in [0.2, 0.25) is 0 Å². The quantitative estimate of drug-likeness (QED) is 0.266. The fourth-order valence-corrected chi connectivity index (χ4v) is 4.71. The molecular formula is C31H30N2O5. The smallest absolute Gasteiger partial charge is 0.336 e. The van der Waals surface area contributed by atoms with Crippen LogP contribution in [-0.2, 0) is 19.6 Å². The summed E-state index contributed by atoms with van der Waals surface area (Å²) in [5, 5.41) is 23.7. The molecule has 0 aliphatic heterocycles. The van der Waals surface area contributed by atoms with Crippen molar-refractivity contribution in [3.8, 4) is 17.0 Å². The summed E-state index contributed by atoms with van der Waals surface area (Å²) in [6, 6.07) is 18.2. The van der Waals surface area contributed by atoms with E-state index in [4.69, 9.17) is 9.84 Å². The van der Waals surface area contributed by atoms with Crippen LogP contribution < -0.4 is 4.74 Å². The molecule has 1 aromatic heterocycles. The summed E-state index contributed by atoms with van der Waals surface area (Å²) in [5.74, 6) is -0.762. The van der Waals surface area contributed by atoms with Crippen LogP contribution in [0, 0.1) is 19.8 Å². The Kier molecular flexibility index (Phi) is 7.01. The fourth-order valence-electron chi connectivity index (χ4n) is 4.71. The highest BCUT2D eigenvalue weighted by atomic mass is 16.5. The summed E-state index contributed by atoms with van der Waals surface area (Å²) < 4.78 is 8.27. The van der Waals surface area contributed by atoms with Crippen molar-refractivity contribution in [1.29, 1.82) is 0 Å². The predicted octanol–water partition coefficient (Wildman–Crippen LogP) is 6.14. The van der Waals surface area contributed by atoms with Crippen LogP contribution in [0.3, 0.4) is 0 Å². The van der Waals surface area contributed by atoms with E-state index in [0.717, 1.165) is 51.7 Å². The van der Waals surface area contributed by atoms with E-state index < -0.39 is 11.9 Å². The third-order valence-electron chi connectivity index (χ3n) is 7.10. The van der Waals surface area contributed by atoms with E-state index in [-0.39, 0.29) is 11.1 Å². The number of carbonyl (C=O) groups is 2. The molecule has 7 heteroatoms. The minimum absolute atomic E-state index is 0.00992. The number of aromatic carboxylic acids is 2. The van der Waals surface area contributed by atoms with Gasteiger partial charge in [0.15, 0.2) is 0 Å². The molecule has 0 bridgehead atoms. The number of hydrogen-bond acceptors (Lipinski definition) is 4. The lowest BCUT2D eigenvalue weighted by atomic mass is 9.93. The highest BCUT2D eigenvalue weighted by molar-refractivity contribution is 5.95. The van der Waals surface area contributed by atoms with Crippen molar-refractivity contribution >= 4 is 11.9 Å². The second kappa shape index (κ2) is 10.5. The van der Waals surface area contributed by atoms with Crippen LogP contribution in [0.5, 0.6) is 5.75 Å². The number of ether oxygens (including phenoxy) is 1. The number of rotatable bonds is 10. The van der Waals surface area contributed by atoms with Crippen LogP contribution in [0.1, 0.15) is 61.4 Å². The lowest BCUT2D eigenvalue weighted by molar-refractivity contribution is 0.0695. The lowest BCUT2D eigenvalue weighted by Crippen LogP contribution is -2.09. The first kappa shape index (κ1) is 25.3. The van der Waals surface area contributed by atoms with Crippen molar-refractivity contribution in [3.05, 3.63) is 106 Å². The molecule has 38 heavy (non-hydrogen) atoms. The van der Waals surface area contributed by atoms with Crippen molar-refractivity contribution in [2.45, 2.75) is 46.3 Å².